The second-order valence-corrected chi connectivity index (χ2v) is 8.91. The highest BCUT2D eigenvalue weighted by molar-refractivity contribution is 5.91. The van der Waals surface area contributed by atoms with E-state index in [0.717, 1.165) is 16.8 Å². The van der Waals surface area contributed by atoms with Crippen LogP contribution in [0.3, 0.4) is 0 Å². The number of amides is 1. The highest BCUT2D eigenvalue weighted by atomic mass is 16.1. The number of hydrogen-bond donors (Lipinski definition) is 1. The summed E-state index contributed by atoms with van der Waals surface area (Å²) >= 11 is 0. The van der Waals surface area contributed by atoms with Gasteiger partial charge in [0, 0.05) is 16.8 Å². The van der Waals surface area contributed by atoms with Gasteiger partial charge in [-0.1, -0.05) is 63.6 Å². The lowest BCUT2D eigenvalue weighted by Gasteiger charge is -2.16. The van der Waals surface area contributed by atoms with Crippen LogP contribution in [0.4, 0.5) is 5.69 Å². The van der Waals surface area contributed by atoms with Gasteiger partial charge in [0.1, 0.15) is 18.1 Å². The summed E-state index contributed by atoms with van der Waals surface area (Å²) in [6.45, 7) is 15.3. The van der Waals surface area contributed by atoms with Crippen molar-refractivity contribution < 1.29 is 9.36 Å². The van der Waals surface area contributed by atoms with E-state index in [9.17, 15) is 4.79 Å². The van der Waals surface area contributed by atoms with Crippen molar-refractivity contribution >= 4 is 11.6 Å². The van der Waals surface area contributed by atoms with E-state index in [2.05, 4.69) is 74.8 Å². The van der Waals surface area contributed by atoms with E-state index in [-0.39, 0.29) is 12.5 Å². The van der Waals surface area contributed by atoms with Crippen molar-refractivity contribution in [3.63, 3.8) is 0 Å². The molecule has 0 saturated carbocycles. The Morgan fingerprint density at radius 3 is 2.10 bits per heavy atom. The first kappa shape index (κ1) is 21.8. The van der Waals surface area contributed by atoms with Crippen molar-refractivity contribution in [3.05, 3.63) is 76.9 Å². The molecule has 158 valence electrons. The average Bonchev–Trinajstić information content (AvgIpc) is 3.11. The van der Waals surface area contributed by atoms with Gasteiger partial charge in [-0.15, -0.1) is 0 Å². The lowest BCUT2D eigenvalue weighted by Crippen LogP contribution is -2.38. The zero-order valence-corrected chi connectivity index (χ0v) is 19.3. The molecule has 0 saturated heterocycles. The molecular formula is C26H34N3O+. The average molecular weight is 405 g/mol. The van der Waals surface area contributed by atoms with Crippen molar-refractivity contribution in [1.29, 1.82) is 0 Å². The Bertz CT molecular complexity index is 1010. The van der Waals surface area contributed by atoms with Crippen molar-refractivity contribution in [2.24, 2.45) is 0 Å². The molecule has 4 nitrogen and oxygen atoms in total. The van der Waals surface area contributed by atoms with Crippen LogP contribution in [-0.2, 0) is 11.3 Å². The summed E-state index contributed by atoms with van der Waals surface area (Å²) in [7, 11) is 0. The SMILES string of the molecule is Cc1cc(C)c(NC(=O)C[n+]2ccn(-c3c(C(C)C)cccc3C(C)C)c2)c(C)c1. The first-order valence-corrected chi connectivity index (χ1v) is 10.7. The Balaban J connectivity index is 1.85. The highest BCUT2D eigenvalue weighted by Gasteiger charge is 2.20. The van der Waals surface area contributed by atoms with Gasteiger partial charge in [-0.25, -0.2) is 9.13 Å². The number of carbonyl (C=O) groups excluding carboxylic acids is 1. The minimum absolute atomic E-state index is 0.0194. The van der Waals surface area contributed by atoms with E-state index < -0.39 is 0 Å². The predicted octanol–water partition coefficient (Wildman–Crippen LogP) is 5.58. The third-order valence-electron chi connectivity index (χ3n) is 5.56. The van der Waals surface area contributed by atoms with Crippen LogP contribution in [0.2, 0.25) is 0 Å². The number of nitrogens with zero attached hydrogens (tertiary/aromatic N) is 2. The molecule has 4 heteroatoms. The number of anilines is 1. The number of imidazole rings is 1. The molecule has 2 aromatic carbocycles. The number of benzene rings is 2. The van der Waals surface area contributed by atoms with Crippen LogP contribution in [0.25, 0.3) is 5.69 Å². The monoisotopic (exact) mass is 404 g/mol. The zero-order valence-electron chi connectivity index (χ0n) is 19.3. The Morgan fingerprint density at radius 1 is 1.00 bits per heavy atom. The fraction of sp³-hybridized carbons (Fsp3) is 0.385. The molecule has 0 atom stereocenters. The van der Waals surface area contributed by atoms with E-state index in [0.29, 0.717) is 11.8 Å². The maximum absolute atomic E-state index is 12.7. The number of aromatic nitrogens is 2. The van der Waals surface area contributed by atoms with Crippen molar-refractivity contribution in [3.8, 4) is 5.69 Å². The van der Waals surface area contributed by atoms with E-state index in [1.807, 2.05) is 37.1 Å². The first-order valence-electron chi connectivity index (χ1n) is 10.7. The first-order chi connectivity index (χ1) is 14.2. The Labute approximate surface area is 180 Å². The normalized spacial score (nSPS) is 11.4. The maximum Gasteiger partial charge on any atom is 0.266 e. The standard InChI is InChI=1S/C26H33N3O/c1-17(2)22-9-8-10-23(18(3)4)26(22)29-12-11-28(16-29)15-24(30)27-25-20(6)13-19(5)14-21(25)7/h8-14,16-18H,15H2,1-7H3/p+1. The predicted molar refractivity (Wildman–Crippen MR) is 123 cm³/mol. The molecule has 1 heterocycles. The summed E-state index contributed by atoms with van der Waals surface area (Å²) in [6, 6.07) is 10.7. The summed E-state index contributed by atoms with van der Waals surface area (Å²) in [5.41, 5.74) is 8.18. The van der Waals surface area contributed by atoms with Crippen molar-refractivity contribution in [2.75, 3.05) is 5.32 Å². The van der Waals surface area contributed by atoms with Crippen LogP contribution in [0.1, 0.15) is 67.3 Å². The van der Waals surface area contributed by atoms with Gasteiger partial charge in [-0.2, -0.15) is 0 Å². The smallest absolute Gasteiger partial charge is 0.266 e. The molecule has 0 unspecified atom stereocenters. The van der Waals surface area contributed by atoms with Crippen LogP contribution >= 0.6 is 0 Å². The molecule has 1 amide bonds. The second-order valence-electron chi connectivity index (χ2n) is 8.91. The number of rotatable bonds is 6. The molecule has 0 aliphatic rings. The Kier molecular flexibility index (Phi) is 6.45. The molecule has 3 rings (SSSR count). The molecule has 0 spiro atoms. The summed E-state index contributed by atoms with van der Waals surface area (Å²) in [4.78, 5) is 12.7. The number of aryl methyl sites for hydroxylation is 3. The van der Waals surface area contributed by atoms with E-state index in [1.54, 1.807) is 0 Å². The third kappa shape index (κ3) is 4.64. The molecule has 3 aromatic rings. The third-order valence-corrected chi connectivity index (χ3v) is 5.56. The largest absolute Gasteiger partial charge is 0.322 e. The maximum atomic E-state index is 12.7. The molecule has 0 fully saturated rings. The van der Waals surface area contributed by atoms with E-state index >= 15 is 0 Å². The molecule has 0 aliphatic carbocycles. The summed E-state index contributed by atoms with van der Waals surface area (Å²) in [5, 5.41) is 3.09. The number of nitrogens with one attached hydrogen (secondary N) is 1. The quantitative estimate of drug-likeness (QED) is 0.536. The van der Waals surface area contributed by atoms with Gasteiger partial charge >= 0.3 is 0 Å². The fourth-order valence-electron chi connectivity index (χ4n) is 4.15. The summed E-state index contributed by atoms with van der Waals surface area (Å²) in [5.74, 6) is 0.824. The molecule has 0 bridgehead atoms. The van der Waals surface area contributed by atoms with Gasteiger partial charge in [-0.05, 0) is 43.7 Å². The van der Waals surface area contributed by atoms with Gasteiger partial charge < -0.3 is 5.32 Å². The van der Waals surface area contributed by atoms with Crippen molar-refractivity contribution in [2.45, 2.75) is 66.8 Å². The molecule has 30 heavy (non-hydrogen) atoms. The molecular weight excluding hydrogens is 370 g/mol. The highest BCUT2D eigenvalue weighted by Crippen LogP contribution is 2.30. The van der Waals surface area contributed by atoms with Gasteiger partial charge in [0.05, 0.1) is 0 Å². The number of hydrogen-bond acceptors (Lipinski definition) is 1. The molecule has 0 radical (unpaired) electrons. The Morgan fingerprint density at radius 2 is 1.57 bits per heavy atom. The number of carbonyl (C=O) groups is 1. The summed E-state index contributed by atoms with van der Waals surface area (Å²) < 4.78 is 4.09. The lowest BCUT2D eigenvalue weighted by atomic mass is 9.92. The van der Waals surface area contributed by atoms with E-state index in [4.69, 9.17) is 0 Å². The van der Waals surface area contributed by atoms with Crippen LogP contribution in [0, 0.1) is 20.8 Å². The van der Waals surface area contributed by atoms with Crippen molar-refractivity contribution in [1.82, 2.24) is 4.57 Å². The minimum Gasteiger partial charge on any atom is -0.322 e. The zero-order chi connectivity index (χ0) is 22.0. The van der Waals surface area contributed by atoms with Gasteiger partial charge in [0.25, 0.3) is 5.91 Å². The topological polar surface area (TPSA) is 37.9 Å². The van der Waals surface area contributed by atoms with Gasteiger partial charge in [0.15, 0.2) is 6.54 Å². The van der Waals surface area contributed by atoms with Gasteiger partial charge in [-0.3, -0.25) is 4.79 Å². The molecule has 1 N–H and O–H groups in total. The van der Waals surface area contributed by atoms with Crippen LogP contribution in [0.15, 0.2) is 49.1 Å². The number of para-hydroxylation sites is 1. The van der Waals surface area contributed by atoms with Gasteiger partial charge in [0.2, 0.25) is 6.33 Å². The molecule has 1 aromatic heterocycles. The summed E-state index contributed by atoms with van der Waals surface area (Å²) in [6.07, 6.45) is 6.03. The van der Waals surface area contributed by atoms with Crippen LogP contribution in [0.5, 0.6) is 0 Å². The molecule has 0 aliphatic heterocycles. The Hall–Kier alpha value is -2.88. The van der Waals surface area contributed by atoms with Crippen LogP contribution in [-0.4, -0.2) is 10.5 Å². The fourth-order valence-corrected chi connectivity index (χ4v) is 4.15. The second kappa shape index (κ2) is 8.86. The minimum atomic E-state index is -0.0194. The van der Waals surface area contributed by atoms with E-state index in [1.165, 1.54) is 22.4 Å². The lowest BCUT2D eigenvalue weighted by molar-refractivity contribution is -0.683. The van der Waals surface area contributed by atoms with Crippen LogP contribution < -0.4 is 9.88 Å².